The van der Waals surface area contributed by atoms with Crippen LogP contribution in [0.4, 0.5) is 5.69 Å². The minimum absolute atomic E-state index is 0.0534. The quantitative estimate of drug-likeness (QED) is 0.771. The monoisotopic (exact) mass is 330 g/mol. The molecular formula is C14H19ClN2O3S. The lowest BCUT2D eigenvalue weighted by atomic mass is 10.1. The van der Waals surface area contributed by atoms with Crippen molar-refractivity contribution in [3.8, 4) is 0 Å². The highest BCUT2D eigenvalue weighted by molar-refractivity contribution is 8.13. The van der Waals surface area contributed by atoms with Crippen LogP contribution in [0.3, 0.4) is 0 Å². The number of anilines is 1. The third-order valence-corrected chi connectivity index (χ3v) is 4.61. The van der Waals surface area contributed by atoms with Crippen molar-refractivity contribution in [1.29, 1.82) is 0 Å². The zero-order valence-electron chi connectivity index (χ0n) is 12.1. The second kappa shape index (κ2) is 6.34. The van der Waals surface area contributed by atoms with E-state index in [-0.39, 0.29) is 24.0 Å². The first-order valence-corrected chi connectivity index (χ1v) is 9.19. The van der Waals surface area contributed by atoms with Crippen molar-refractivity contribution in [2.75, 3.05) is 31.3 Å². The van der Waals surface area contributed by atoms with Crippen molar-refractivity contribution < 1.29 is 13.2 Å². The number of carbonyl (C=O) groups is 1. The average molecular weight is 331 g/mol. The summed E-state index contributed by atoms with van der Waals surface area (Å²) in [5.74, 6) is -0.450. The summed E-state index contributed by atoms with van der Waals surface area (Å²) in [6.45, 7) is 1.19. The normalized spacial score (nSPS) is 19.5. The minimum Gasteiger partial charge on any atom is -0.312 e. The van der Waals surface area contributed by atoms with E-state index in [1.807, 2.05) is 43.3 Å². The van der Waals surface area contributed by atoms with E-state index in [1.165, 1.54) is 0 Å². The second-order valence-corrected chi connectivity index (χ2v) is 8.51. The molecule has 1 aromatic carbocycles. The van der Waals surface area contributed by atoms with Crippen molar-refractivity contribution in [3.05, 3.63) is 29.8 Å². The lowest BCUT2D eigenvalue weighted by Crippen LogP contribution is -2.25. The maximum atomic E-state index is 12.1. The van der Waals surface area contributed by atoms with Crippen molar-refractivity contribution >= 4 is 31.3 Å². The fourth-order valence-corrected chi connectivity index (χ4v) is 3.93. The van der Waals surface area contributed by atoms with Gasteiger partial charge in [0.15, 0.2) is 0 Å². The molecule has 0 aliphatic carbocycles. The first-order chi connectivity index (χ1) is 9.74. The highest BCUT2D eigenvalue weighted by Crippen LogP contribution is 2.27. The van der Waals surface area contributed by atoms with Gasteiger partial charge in [-0.3, -0.25) is 4.79 Å². The molecule has 0 radical (unpaired) electrons. The molecule has 1 aliphatic heterocycles. The number of hydrogen-bond donors (Lipinski definition) is 0. The first kappa shape index (κ1) is 16.3. The van der Waals surface area contributed by atoms with Gasteiger partial charge in [-0.15, -0.1) is 0 Å². The molecule has 7 heteroatoms. The third kappa shape index (κ3) is 4.69. The van der Waals surface area contributed by atoms with E-state index >= 15 is 0 Å². The van der Waals surface area contributed by atoms with Crippen molar-refractivity contribution in [2.45, 2.75) is 13.0 Å². The van der Waals surface area contributed by atoms with E-state index in [9.17, 15) is 13.2 Å². The van der Waals surface area contributed by atoms with Gasteiger partial charge in [-0.25, -0.2) is 8.42 Å². The second-order valence-electron chi connectivity index (χ2n) is 5.69. The Bertz CT molecular complexity index is 631. The smallest absolute Gasteiger partial charge is 0.232 e. The Morgan fingerprint density at radius 1 is 1.38 bits per heavy atom. The molecule has 1 amide bonds. The Balaban J connectivity index is 2.13. The van der Waals surface area contributed by atoms with Crippen LogP contribution in [0.15, 0.2) is 24.3 Å². The Kier molecular flexibility index (Phi) is 4.91. The zero-order valence-corrected chi connectivity index (χ0v) is 13.7. The number of carbonyl (C=O) groups excluding carboxylic acids is 1. The van der Waals surface area contributed by atoms with Gasteiger partial charge in [0.25, 0.3) is 0 Å². The number of benzene rings is 1. The molecule has 1 fully saturated rings. The molecule has 1 aliphatic rings. The van der Waals surface area contributed by atoms with Gasteiger partial charge in [-0.1, -0.05) is 12.1 Å². The number of halogens is 1. The van der Waals surface area contributed by atoms with Crippen LogP contribution in [-0.2, 0) is 20.4 Å². The Morgan fingerprint density at radius 2 is 2.10 bits per heavy atom. The van der Waals surface area contributed by atoms with E-state index in [4.69, 9.17) is 10.7 Å². The highest BCUT2D eigenvalue weighted by atomic mass is 35.7. The molecule has 1 saturated heterocycles. The fourth-order valence-electron chi connectivity index (χ4n) is 2.61. The van der Waals surface area contributed by atoms with Crippen LogP contribution in [0.25, 0.3) is 0 Å². The van der Waals surface area contributed by atoms with Crippen LogP contribution in [0, 0.1) is 5.92 Å². The lowest BCUT2D eigenvalue weighted by Gasteiger charge is -2.18. The Labute approximate surface area is 129 Å². The van der Waals surface area contributed by atoms with E-state index in [0.717, 1.165) is 17.8 Å². The molecule has 0 saturated carbocycles. The van der Waals surface area contributed by atoms with E-state index < -0.39 is 9.05 Å². The van der Waals surface area contributed by atoms with Gasteiger partial charge < -0.3 is 9.80 Å². The van der Waals surface area contributed by atoms with Crippen molar-refractivity contribution in [3.63, 3.8) is 0 Å². The third-order valence-electron chi connectivity index (χ3n) is 3.36. The molecule has 0 N–H and O–H groups in total. The highest BCUT2D eigenvalue weighted by Gasteiger charge is 2.33. The number of rotatable bonds is 5. The van der Waals surface area contributed by atoms with Gasteiger partial charge in [-0.05, 0) is 31.8 Å². The number of amides is 1. The van der Waals surface area contributed by atoms with E-state index in [2.05, 4.69) is 0 Å². The van der Waals surface area contributed by atoms with E-state index in [0.29, 0.717) is 6.54 Å². The summed E-state index contributed by atoms with van der Waals surface area (Å²) in [4.78, 5) is 15.8. The fraction of sp³-hybridized carbons (Fsp3) is 0.500. The first-order valence-electron chi connectivity index (χ1n) is 6.71. The zero-order chi connectivity index (χ0) is 15.6. The molecule has 0 aromatic heterocycles. The summed E-state index contributed by atoms with van der Waals surface area (Å²) in [5.41, 5.74) is 1.92. The molecule has 1 unspecified atom stereocenters. The van der Waals surface area contributed by atoms with Crippen LogP contribution in [0.5, 0.6) is 0 Å². The Hall–Kier alpha value is -1.11. The number of hydrogen-bond acceptors (Lipinski definition) is 4. The largest absolute Gasteiger partial charge is 0.312 e. The molecule has 0 spiro atoms. The average Bonchev–Trinajstić information content (AvgIpc) is 2.67. The molecule has 21 heavy (non-hydrogen) atoms. The summed E-state index contributed by atoms with van der Waals surface area (Å²) in [6.07, 6.45) is 0.226. The van der Waals surface area contributed by atoms with E-state index in [1.54, 1.807) is 4.90 Å². The summed E-state index contributed by atoms with van der Waals surface area (Å²) in [5, 5.41) is 0. The minimum atomic E-state index is -3.57. The molecule has 1 heterocycles. The molecule has 0 bridgehead atoms. The molecule has 1 atom stereocenters. The lowest BCUT2D eigenvalue weighted by molar-refractivity contribution is -0.117. The van der Waals surface area contributed by atoms with Gasteiger partial charge in [0.2, 0.25) is 15.0 Å². The van der Waals surface area contributed by atoms with Crippen LogP contribution in [0.1, 0.15) is 12.0 Å². The predicted octanol–water partition coefficient (Wildman–Crippen LogP) is 1.67. The van der Waals surface area contributed by atoms with Gasteiger partial charge in [0.05, 0.1) is 5.75 Å². The summed E-state index contributed by atoms with van der Waals surface area (Å²) < 4.78 is 22.3. The standard InChI is InChI=1S/C14H19ClN2O3S/c1-16(2)8-11-4-3-5-13(6-11)17-9-12(7-14(17)18)10-21(15,19)20/h3-6,12H,7-10H2,1-2H3. The summed E-state index contributed by atoms with van der Waals surface area (Å²) >= 11 is 0. The SMILES string of the molecule is CN(C)Cc1cccc(N2CC(CS(=O)(=O)Cl)CC2=O)c1. The number of nitrogens with zero attached hydrogens (tertiary/aromatic N) is 2. The van der Waals surface area contributed by atoms with Crippen LogP contribution in [0.2, 0.25) is 0 Å². The molecule has 1 aromatic rings. The Morgan fingerprint density at radius 3 is 2.71 bits per heavy atom. The molecular weight excluding hydrogens is 312 g/mol. The van der Waals surface area contributed by atoms with Crippen molar-refractivity contribution in [2.24, 2.45) is 5.92 Å². The van der Waals surface area contributed by atoms with Crippen LogP contribution in [-0.4, -0.2) is 45.6 Å². The van der Waals surface area contributed by atoms with Gasteiger partial charge in [0.1, 0.15) is 0 Å². The predicted molar refractivity (Wildman–Crippen MR) is 83.9 cm³/mol. The van der Waals surface area contributed by atoms with Crippen LogP contribution >= 0.6 is 10.7 Å². The summed E-state index contributed by atoms with van der Waals surface area (Å²) in [6, 6.07) is 7.75. The summed E-state index contributed by atoms with van der Waals surface area (Å²) in [7, 11) is 5.66. The van der Waals surface area contributed by atoms with Gasteiger partial charge >= 0.3 is 0 Å². The topological polar surface area (TPSA) is 57.7 Å². The van der Waals surface area contributed by atoms with Crippen LogP contribution < -0.4 is 4.90 Å². The maximum absolute atomic E-state index is 12.1. The van der Waals surface area contributed by atoms with Gasteiger partial charge in [-0.2, -0.15) is 0 Å². The van der Waals surface area contributed by atoms with Crippen molar-refractivity contribution in [1.82, 2.24) is 4.90 Å². The van der Waals surface area contributed by atoms with Gasteiger partial charge in [0, 0.05) is 41.8 Å². The molecule has 116 valence electrons. The maximum Gasteiger partial charge on any atom is 0.232 e. The molecule has 5 nitrogen and oxygen atoms in total. The molecule has 2 rings (SSSR count).